The number of para-hydroxylation sites is 2. The van der Waals surface area contributed by atoms with Gasteiger partial charge in [0, 0.05) is 12.4 Å². The van der Waals surface area contributed by atoms with Crippen molar-refractivity contribution in [3.8, 4) is 12.0 Å². The molecule has 0 aliphatic carbocycles. The second-order valence-corrected chi connectivity index (χ2v) is 4.25. The fourth-order valence-electron chi connectivity index (χ4n) is 1.99. The second-order valence-electron chi connectivity index (χ2n) is 4.25. The third-order valence-corrected chi connectivity index (χ3v) is 2.83. The van der Waals surface area contributed by atoms with Crippen molar-refractivity contribution in [3.05, 3.63) is 48.0 Å². The molecule has 0 spiro atoms. The van der Waals surface area contributed by atoms with Gasteiger partial charge >= 0.3 is 0 Å². The van der Waals surface area contributed by atoms with E-state index in [1.165, 1.54) is 0 Å². The molecule has 0 amide bonds. The number of hydrogen-bond acceptors (Lipinski definition) is 4. The number of nitriles is 1. The van der Waals surface area contributed by atoms with Crippen LogP contribution in [0.15, 0.2) is 36.7 Å². The van der Waals surface area contributed by atoms with Gasteiger partial charge < -0.3 is 0 Å². The van der Waals surface area contributed by atoms with E-state index in [1.807, 2.05) is 35.8 Å². The number of nitrogens with zero attached hydrogens (tertiary/aromatic N) is 5. The SMILES string of the molecule is Cc1cnc(-n2c(CC#N)nc3ccccc32)nc1. The van der Waals surface area contributed by atoms with Crippen LogP contribution in [0.4, 0.5) is 0 Å². The van der Waals surface area contributed by atoms with Crippen LogP contribution < -0.4 is 0 Å². The quantitative estimate of drug-likeness (QED) is 0.698. The summed E-state index contributed by atoms with van der Waals surface area (Å²) in [7, 11) is 0. The number of rotatable bonds is 2. The van der Waals surface area contributed by atoms with Crippen LogP contribution in [0.25, 0.3) is 17.0 Å². The zero-order valence-electron chi connectivity index (χ0n) is 10.4. The van der Waals surface area contributed by atoms with Crippen molar-refractivity contribution in [2.24, 2.45) is 0 Å². The molecule has 0 N–H and O–H groups in total. The molecule has 2 heterocycles. The molecule has 0 aliphatic heterocycles. The van der Waals surface area contributed by atoms with E-state index in [4.69, 9.17) is 5.26 Å². The Morgan fingerprint density at radius 1 is 1.21 bits per heavy atom. The van der Waals surface area contributed by atoms with Crippen LogP contribution in [-0.2, 0) is 6.42 Å². The number of hydrogen-bond donors (Lipinski definition) is 0. The van der Waals surface area contributed by atoms with Gasteiger partial charge in [0.05, 0.1) is 23.5 Å². The summed E-state index contributed by atoms with van der Waals surface area (Å²) < 4.78 is 1.83. The topological polar surface area (TPSA) is 67.4 Å². The lowest BCUT2D eigenvalue weighted by molar-refractivity contribution is 0.875. The molecule has 0 radical (unpaired) electrons. The third-order valence-electron chi connectivity index (χ3n) is 2.83. The minimum Gasteiger partial charge on any atom is -0.263 e. The first kappa shape index (κ1) is 11.4. The van der Waals surface area contributed by atoms with Gasteiger partial charge in [-0.2, -0.15) is 5.26 Å². The lowest BCUT2D eigenvalue weighted by atomic mass is 10.3. The van der Waals surface area contributed by atoms with Crippen molar-refractivity contribution in [2.45, 2.75) is 13.3 Å². The predicted octanol–water partition coefficient (Wildman–Crippen LogP) is 2.19. The molecule has 3 rings (SSSR count). The van der Waals surface area contributed by atoms with Crippen molar-refractivity contribution < 1.29 is 0 Å². The van der Waals surface area contributed by atoms with E-state index in [0.29, 0.717) is 11.8 Å². The van der Waals surface area contributed by atoms with Crippen LogP contribution in [0.5, 0.6) is 0 Å². The average Bonchev–Trinajstić information content (AvgIpc) is 2.78. The summed E-state index contributed by atoms with van der Waals surface area (Å²) in [4.78, 5) is 13.1. The fourth-order valence-corrected chi connectivity index (χ4v) is 1.99. The van der Waals surface area contributed by atoms with Crippen molar-refractivity contribution >= 4 is 11.0 Å². The summed E-state index contributed by atoms with van der Waals surface area (Å²) >= 11 is 0. The van der Waals surface area contributed by atoms with Gasteiger partial charge in [0.25, 0.3) is 0 Å². The van der Waals surface area contributed by atoms with E-state index >= 15 is 0 Å². The molecule has 92 valence electrons. The maximum absolute atomic E-state index is 8.92. The zero-order chi connectivity index (χ0) is 13.2. The maximum atomic E-state index is 8.92. The number of aromatic nitrogens is 4. The molecule has 0 aliphatic rings. The molecule has 2 aromatic heterocycles. The van der Waals surface area contributed by atoms with E-state index in [9.17, 15) is 0 Å². The summed E-state index contributed by atoms with van der Waals surface area (Å²) in [5.74, 6) is 1.21. The Bertz CT molecular complexity index is 765. The lowest BCUT2D eigenvalue weighted by Gasteiger charge is -2.05. The Hall–Kier alpha value is -2.74. The largest absolute Gasteiger partial charge is 0.263 e. The summed E-state index contributed by atoms with van der Waals surface area (Å²) in [5.41, 5.74) is 2.75. The maximum Gasteiger partial charge on any atom is 0.235 e. The molecule has 0 bridgehead atoms. The van der Waals surface area contributed by atoms with Gasteiger partial charge in [0.2, 0.25) is 5.95 Å². The first-order valence-corrected chi connectivity index (χ1v) is 5.92. The normalized spacial score (nSPS) is 10.5. The first-order chi connectivity index (χ1) is 9.29. The molecular weight excluding hydrogens is 238 g/mol. The summed E-state index contributed by atoms with van der Waals surface area (Å²) in [5, 5.41) is 8.92. The predicted molar refractivity (Wildman–Crippen MR) is 70.7 cm³/mol. The van der Waals surface area contributed by atoms with E-state index in [1.54, 1.807) is 12.4 Å². The second kappa shape index (κ2) is 4.50. The summed E-state index contributed by atoms with van der Waals surface area (Å²) in [6.07, 6.45) is 3.74. The monoisotopic (exact) mass is 249 g/mol. The highest BCUT2D eigenvalue weighted by Crippen LogP contribution is 2.19. The van der Waals surface area contributed by atoms with Crippen LogP contribution in [0.2, 0.25) is 0 Å². The van der Waals surface area contributed by atoms with Crippen molar-refractivity contribution in [1.29, 1.82) is 5.26 Å². The summed E-state index contributed by atoms with van der Waals surface area (Å²) in [6.45, 7) is 1.94. The van der Waals surface area contributed by atoms with Crippen LogP contribution >= 0.6 is 0 Å². The molecular formula is C14H11N5. The zero-order valence-corrected chi connectivity index (χ0v) is 10.4. The molecule has 0 fully saturated rings. The van der Waals surface area contributed by atoms with Crippen molar-refractivity contribution in [3.63, 3.8) is 0 Å². The molecule has 3 aromatic rings. The van der Waals surface area contributed by atoms with Gasteiger partial charge in [0.1, 0.15) is 5.82 Å². The van der Waals surface area contributed by atoms with Gasteiger partial charge in [-0.25, -0.2) is 15.0 Å². The van der Waals surface area contributed by atoms with Gasteiger partial charge in [-0.15, -0.1) is 0 Å². The standard InChI is InChI=1S/C14H11N5/c1-10-8-16-14(17-9-10)19-12-5-3-2-4-11(12)18-13(19)6-7-15/h2-5,8-9H,6H2,1H3. The van der Waals surface area contributed by atoms with E-state index in [0.717, 1.165) is 16.6 Å². The molecule has 19 heavy (non-hydrogen) atoms. The van der Waals surface area contributed by atoms with Crippen LogP contribution in [-0.4, -0.2) is 19.5 Å². The molecule has 5 heteroatoms. The lowest BCUT2D eigenvalue weighted by Crippen LogP contribution is -2.05. The number of aryl methyl sites for hydroxylation is 1. The van der Waals surface area contributed by atoms with Crippen LogP contribution in [0.3, 0.4) is 0 Å². The highest BCUT2D eigenvalue weighted by atomic mass is 15.2. The fraction of sp³-hybridized carbons (Fsp3) is 0.143. The Kier molecular flexibility index (Phi) is 2.69. The van der Waals surface area contributed by atoms with Crippen molar-refractivity contribution in [1.82, 2.24) is 19.5 Å². The first-order valence-electron chi connectivity index (χ1n) is 5.92. The van der Waals surface area contributed by atoms with Crippen LogP contribution in [0.1, 0.15) is 11.4 Å². The van der Waals surface area contributed by atoms with E-state index in [-0.39, 0.29) is 6.42 Å². The van der Waals surface area contributed by atoms with Gasteiger partial charge in [-0.3, -0.25) is 4.57 Å². The molecule has 0 saturated carbocycles. The van der Waals surface area contributed by atoms with E-state index in [2.05, 4.69) is 21.0 Å². The minimum atomic E-state index is 0.228. The summed E-state index contributed by atoms with van der Waals surface area (Å²) in [6, 6.07) is 9.85. The Labute approximate surface area is 110 Å². The highest BCUT2D eigenvalue weighted by Gasteiger charge is 2.13. The number of benzene rings is 1. The van der Waals surface area contributed by atoms with Gasteiger partial charge in [-0.1, -0.05) is 12.1 Å². The smallest absolute Gasteiger partial charge is 0.235 e. The Morgan fingerprint density at radius 2 is 1.95 bits per heavy atom. The van der Waals surface area contributed by atoms with Gasteiger partial charge in [-0.05, 0) is 24.6 Å². The van der Waals surface area contributed by atoms with Crippen molar-refractivity contribution in [2.75, 3.05) is 0 Å². The Morgan fingerprint density at radius 3 is 2.68 bits per heavy atom. The average molecular weight is 249 g/mol. The van der Waals surface area contributed by atoms with Gasteiger partial charge in [0.15, 0.2) is 0 Å². The molecule has 0 atom stereocenters. The minimum absolute atomic E-state index is 0.228. The third kappa shape index (κ3) is 1.93. The van der Waals surface area contributed by atoms with Crippen LogP contribution in [0, 0.1) is 18.3 Å². The number of imidazole rings is 1. The number of fused-ring (bicyclic) bond motifs is 1. The highest BCUT2D eigenvalue weighted by molar-refractivity contribution is 5.77. The van der Waals surface area contributed by atoms with E-state index < -0.39 is 0 Å². The molecule has 5 nitrogen and oxygen atoms in total. The molecule has 0 unspecified atom stereocenters. The molecule has 1 aromatic carbocycles. The molecule has 0 saturated heterocycles. The Balaban J connectivity index is 2.28.